The molecular formula is C10H18N2O4. The molecule has 6 nitrogen and oxygen atoms in total. The molecule has 0 heterocycles. The molecule has 0 amide bonds. The van der Waals surface area contributed by atoms with Gasteiger partial charge >= 0.3 is 11.9 Å². The number of aliphatic carboxylic acids is 2. The van der Waals surface area contributed by atoms with E-state index in [4.69, 9.17) is 10.2 Å². The van der Waals surface area contributed by atoms with E-state index in [0.29, 0.717) is 25.9 Å². The van der Waals surface area contributed by atoms with Crippen LogP contribution in [0.15, 0.2) is 10.2 Å². The van der Waals surface area contributed by atoms with Gasteiger partial charge in [0.1, 0.15) is 0 Å². The third kappa shape index (κ3) is 12.5. The predicted molar refractivity (Wildman–Crippen MR) is 57.6 cm³/mol. The molecule has 6 heteroatoms. The van der Waals surface area contributed by atoms with Crippen molar-refractivity contribution in [3.8, 4) is 0 Å². The van der Waals surface area contributed by atoms with Gasteiger partial charge in [-0.05, 0) is 25.7 Å². The van der Waals surface area contributed by atoms with Gasteiger partial charge in [0.05, 0.1) is 13.1 Å². The first kappa shape index (κ1) is 14.5. The molecule has 0 aliphatic rings. The molecule has 0 unspecified atom stereocenters. The predicted octanol–water partition coefficient (Wildman–Crippen LogP) is 1.95. The molecule has 0 spiro atoms. The molecule has 0 aromatic rings. The van der Waals surface area contributed by atoms with Gasteiger partial charge in [0.2, 0.25) is 0 Å². The summed E-state index contributed by atoms with van der Waals surface area (Å²) in [4.78, 5) is 20.3. The zero-order valence-corrected chi connectivity index (χ0v) is 9.26. The van der Waals surface area contributed by atoms with Crippen LogP contribution in [0.4, 0.5) is 0 Å². The Morgan fingerprint density at radius 2 is 1.12 bits per heavy atom. The maximum Gasteiger partial charge on any atom is 0.303 e. The first-order valence-electron chi connectivity index (χ1n) is 5.40. The van der Waals surface area contributed by atoms with E-state index in [1.54, 1.807) is 0 Å². The second-order valence-electron chi connectivity index (χ2n) is 3.43. The maximum absolute atomic E-state index is 10.2. The molecule has 0 radical (unpaired) electrons. The smallest absolute Gasteiger partial charge is 0.303 e. The Bertz CT molecular complexity index is 217. The highest BCUT2D eigenvalue weighted by molar-refractivity contribution is 5.66. The SMILES string of the molecule is O=C(O)CCCCN=NCCCCC(=O)O. The van der Waals surface area contributed by atoms with Crippen molar-refractivity contribution in [1.29, 1.82) is 0 Å². The van der Waals surface area contributed by atoms with Crippen LogP contribution in [0.3, 0.4) is 0 Å². The molecule has 0 saturated heterocycles. The minimum atomic E-state index is -0.786. The topological polar surface area (TPSA) is 99.3 Å². The van der Waals surface area contributed by atoms with Crippen molar-refractivity contribution in [2.45, 2.75) is 38.5 Å². The zero-order valence-electron chi connectivity index (χ0n) is 9.26. The number of hydrogen-bond acceptors (Lipinski definition) is 4. The Balaban J connectivity index is 3.16. The van der Waals surface area contributed by atoms with E-state index in [-0.39, 0.29) is 12.8 Å². The van der Waals surface area contributed by atoms with Crippen LogP contribution < -0.4 is 0 Å². The fourth-order valence-electron chi connectivity index (χ4n) is 1.06. The van der Waals surface area contributed by atoms with Gasteiger partial charge < -0.3 is 10.2 Å². The zero-order chi connectivity index (χ0) is 12.2. The lowest BCUT2D eigenvalue weighted by molar-refractivity contribution is -0.138. The Labute approximate surface area is 94.4 Å². The summed E-state index contributed by atoms with van der Waals surface area (Å²) in [6.45, 7) is 1.10. The molecule has 16 heavy (non-hydrogen) atoms. The number of azo groups is 1. The molecule has 0 aliphatic heterocycles. The van der Waals surface area contributed by atoms with Gasteiger partial charge in [-0.25, -0.2) is 0 Å². The van der Waals surface area contributed by atoms with Crippen molar-refractivity contribution in [1.82, 2.24) is 0 Å². The molecule has 0 rings (SSSR count). The van der Waals surface area contributed by atoms with Crippen molar-refractivity contribution in [3.63, 3.8) is 0 Å². The minimum absolute atomic E-state index is 0.175. The fourth-order valence-corrected chi connectivity index (χ4v) is 1.06. The summed E-state index contributed by atoms with van der Waals surface area (Å²) in [7, 11) is 0. The number of unbranched alkanes of at least 4 members (excludes halogenated alkanes) is 2. The largest absolute Gasteiger partial charge is 0.481 e. The van der Waals surface area contributed by atoms with Crippen molar-refractivity contribution in [2.24, 2.45) is 10.2 Å². The van der Waals surface area contributed by atoms with Gasteiger partial charge in [-0.1, -0.05) is 0 Å². The van der Waals surface area contributed by atoms with Gasteiger partial charge in [-0.2, -0.15) is 10.2 Å². The normalized spacial score (nSPS) is 10.8. The summed E-state index contributed by atoms with van der Waals surface area (Å²) in [5, 5.41) is 24.5. The quantitative estimate of drug-likeness (QED) is 0.442. The van der Waals surface area contributed by atoms with E-state index in [0.717, 1.165) is 12.8 Å². The first-order valence-corrected chi connectivity index (χ1v) is 5.40. The second-order valence-corrected chi connectivity index (χ2v) is 3.43. The Kier molecular flexibility index (Phi) is 9.15. The second kappa shape index (κ2) is 10.1. The summed E-state index contributed by atoms with van der Waals surface area (Å²) in [5.41, 5.74) is 0. The molecular weight excluding hydrogens is 212 g/mol. The van der Waals surface area contributed by atoms with Crippen LogP contribution in [-0.2, 0) is 9.59 Å². The fraction of sp³-hybridized carbons (Fsp3) is 0.800. The maximum atomic E-state index is 10.2. The minimum Gasteiger partial charge on any atom is -0.481 e. The lowest BCUT2D eigenvalue weighted by Gasteiger charge is -1.94. The summed E-state index contributed by atoms with van der Waals surface area (Å²) < 4.78 is 0. The standard InChI is InChI=1S/C10H18N2O4/c13-9(14)5-1-3-7-11-12-8-4-2-6-10(15)16/h1-8H2,(H,13,14)(H,15,16). The molecule has 92 valence electrons. The summed E-state index contributed by atoms with van der Waals surface area (Å²) >= 11 is 0. The molecule has 0 fully saturated rings. The molecule has 0 bridgehead atoms. The molecule has 0 aliphatic carbocycles. The Hall–Kier alpha value is -1.46. The van der Waals surface area contributed by atoms with Crippen LogP contribution in [0.2, 0.25) is 0 Å². The lowest BCUT2D eigenvalue weighted by Crippen LogP contribution is -1.95. The highest BCUT2D eigenvalue weighted by atomic mass is 16.4. The summed E-state index contributed by atoms with van der Waals surface area (Å²) in [6.07, 6.45) is 3.04. The van der Waals surface area contributed by atoms with E-state index in [1.807, 2.05) is 0 Å². The number of carboxylic acids is 2. The van der Waals surface area contributed by atoms with Crippen molar-refractivity contribution >= 4 is 11.9 Å². The van der Waals surface area contributed by atoms with E-state index in [1.165, 1.54) is 0 Å². The number of hydrogen-bond donors (Lipinski definition) is 2. The monoisotopic (exact) mass is 230 g/mol. The lowest BCUT2D eigenvalue weighted by atomic mass is 10.2. The van der Waals surface area contributed by atoms with Crippen LogP contribution in [0.5, 0.6) is 0 Å². The molecule has 0 saturated carbocycles. The molecule has 2 N–H and O–H groups in total. The van der Waals surface area contributed by atoms with Crippen LogP contribution in [0.25, 0.3) is 0 Å². The van der Waals surface area contributed by atoms with E-state index >= 15 is 0 Å². The Morgan fingerprint density at radius 3 is 1.44 bits per heavy atom. The van der Waals surface area contributed by atoms with Crippen LogP contribution in [0.1, 0.15) is 38.5 Å². The number of carbonyl (C=O) groups is 2. The molecule has 0 aromatic carbocycles. The highest BCUT2D eigenvalue weighted by Crippen LogP contribution is 1.98. The Morgan fingerprint density at radius 1 is 0.750 bits per heavy atom. The third-order valence-corrected chi connectivity index (χ3v) is 1.90. The highest BCUT2D eigenvalue weighted by Gasteiger charge is 1.96. The first-order chi connectivity index (χ1) is 7.63. The van der Waals surface area contributed by atoms with Gasteiger partial charge in [0.15, 0.2) is 0 Å². The van der Waals surface area contributed by atoms with Crippen LogP contribution in [0, 0.1) is 0 Å². The molecule has 0 aromatic heterocycles. The number of rotatable bonds is 10. The van der Waals surface area contributed by atoms with Crippen LogP contribution >= 0.6 is 0 Å². The number of carboxylic acid groups (broad SMARTS) is 2. The van der Waals surface area contributed by atoms with Gasteiger partial charge in [-0.15, -0.1) is 0 Å². The van der Waals surface area contributed by atoms with Crippen molar-refractivity contribution < 1.29 is 19.8 Å². The van der Waals surface area contributed by atoms with E-state index in [9.17, 15) is 9.59 Å². The van der Waals surface area contributed by atoms with Gasteiger partial charge in [0, 0.05) is 12.8 Å². The van der Waals surface area contributed by atoms with Gasteiger partial charge in [-0.3, -0.25) is 9.59 Å². The average Bonchev–Trinajstić information content (AvgIpc) is 2.20. The van der Waals surface area contributed by atoms with E-state index in [2.05, 4.69) is 10.2 Å². The average molecular weight is 230 g/mol. The summed E-state index contributed by atoms with van der Waals surface area (Å²) in [5.74, 6) is -1.57. The van der Waals surface area contributed by atoms with Gasteiger partial charge in [0.25, 0.3) is 0 Å². The summed E-state index contributed by atoms with van der Waals surface area (Å²) in [6, 6.07) is 0. The van der Waals surface area contributed by atoms with E-state index < -0.39 is 11.9 Å². The van der Waals surface area contributed by atoms with Crippen LogP contribution in [-0.4, -0.2) is 35.2 Å². The van der Waals surface area contributed by atoms with Crippen molar-refractivity contribution in [3.05, 3.63) is 0 Å². The van der Waals surface area contributed by atoms with Crippen molar-refractivity contribution in [2.75, 3.05) is 13.1 Å². The molecule has 0 atom stereocenters. The number of nitrogens with zero attached hydrogens (tertiary/aromatic N) is 2. The third-order valence-electron chi connectivity index (χ3n) is 1.90.